The highest BCUT2D eigenvalue weighted by molar-refractivity contribution is 14.2. The Labute approximate surface area is 353 Å². The van der Waals surface area contributed by atoms with Gasteiger partial charge in [-0.3, -0.25) is 4.79 Å². The number of hydrogen-bond donors (Lipinski definition) is 0. The van der Waals surface area contributed by atoms with Crippen LogP contribution in [0.1, 0.15) is 102 Å². The van der Waals surface area contributed by atoms with Crippen LogP contribution < -0.4 is 0 Å². The van der Waals surface area contributed by atoms with Crippen molar-refractivity contribution < 1.29 is 4.79 Å². The molecule has 2 heterocycles. The van der Waals surface area contributed by atoms with E-state index in [0.29, 0.717) is 5.92 Å². The van der Waals surface area contributed by atoms with Crippen molar-refractivity contribution in [2.75, 3.05) is 0 Å². The molecule has 0 spiro atoms. The minimum atomic E-state index is -0.198. The molecule has 5 heteroatoms. The lowest BCUT2D eigenvalue weighted by Crippen LogP contribution is -2.10. The van der Waals surface area contributed by atoms with Gasteiger partial charge in [0.05, 0.1) is 11.4 Å². The first-order chi connectivity index (χ1) is 27.8. The Bertz CT molecular complexity index is 2580. The first-order valence-electron chi connectivity index (χ1n) is 20.2. The van der Waals surface area contributed by atoms with Crippen molar-refractivity contribution in [3.05, 3.63) is 163 Å². The number of nitrogens with zero attached hydrogens (tertiary/aromatic N) is 2. The Kier molecular flexibility index (Phi) is 11.7. The number of aromatic nitrogens is 2. The fourth-order valence-corrected chi connectivity index (χ4v) is 10.7. The zero-order valence-corrected chi connectivity index (χ0v) is 36.7. The fraction of sp³-hybridized carbons (Fsp3) is 0.231. The highest BCUT2D eigenvalue weighted by Gasteiger charge is 2.28. The smallest absolute Gasteiger partial charge is 0.147 e. The van der Waals surface area contributed by atoms with E-state index in [0.717, 1.165) is 60.8 Å². The second-order valence-electron chi connectivity index (χ2n) is 15.3. The van der Waals surface area contributed by atoms with Crippen molar-refractivity contribution in [3.8, 4) is 22.5 Å². The van der Waals surface area contributed by atoms with E-state index in [4.69, 9.17) is 0 Å². The number of para-hydroxylation sites is 2. The molecule has 57 heavy (non-hydrogen) atoms. The Morgan fingerprint density at radius 2 is 1.58 bits per heavy atom. The van der Waals surface area contributed by atoms with Crippen LogP contribution in [0.4, 0.5) is 0 Å². The van der Waals surface area contributed by atoms with Crippen molar-refractivity contribution >= 4 is 73.2 Å². The van der Waals surface area contributed by atoms with Gasteiger partial charge in [0.15, 0.2) is 0 Å². The van der Waals surface area contributed by atoms with Gasteiger partial charge in [0, 0.05) is 77.8 Å². The molecule has 288 valence electrons. The topological polar surface area (TPSA) is 26.9 Å². The van der Waals surface area contributed by atoms with Gasteiger partial charge < -0.3 is 9.13 Å². The lowest BCUT2D eigenvalue weighted by Gasteiger charge is -2.23. The van der Waals surface area contributed by atoms with Crippen molar-refractivity contribution in [2.45, 2.75) is 82.8 Å². The lowest BCUT2D eigenvalue weighted by molar-refractivity contribution is -0.104. The molecule has 0 radical (unpaired) electrons. The summed E-state index contributed by atoms with van der Waals surface area (Å²) in [5, 5.41) is -0.0455. The Morgan fingerprint density at radius 1 is 0.877 bits per heavy atom. The van der Waals surface area contributed by atoms with Gasteiger partial charge in [0.25, 0.3) is 0 Å². The maximum Gasteiger partial charge on any atom is 0.147 e. The van der Waals surface area contributed by atoms with Crippen molar-refractivity contribution in [3.63, 3.8) is 0 Å². The van der Waals surface area contributed by atoms with E-state index < -0.39 is 0 Å². The highest BCUT2D eigenvalue weighted by atomic mass is 127. The van der Waals surface area contributed by atoms with Gasteiger partial charge in [-0.25, -0.2) is 0 Å². The van der Waals surface area contributed by atoms with E-state index >= 15 is 0 Å². The summed E-state index contributed by atoms with van der Waals surface area (Å²) >= 11 is 1.56. The van der Waals surface area contributed by atoms with Crippen molar-refractivity contribution in [2.24, 2.45) is 0 Å². The average Bonchev–Trinajstić information content (AvgIpc) is 3.73. The number of benzene rings is 3. The van der Waals surface area contributed by atoms with Crippen LogP contribution in [-0.4, -0.2) is 25.2 Å². The normalized spacial score (nSPS) is 16.8. The van der Waals surface area contributed by atoms with Gasteiger partial charge in [0.1, 0.15) is 6.29 Å². The quantitative estimate of drug-likeness (QED) is 0.0435. The molecule has 5 aromatic rings. The summed E-state index contributed by atoms with van der Waals surface area (Å²) < 4.78 is 11.4. The molecule has 0 N–H and O–H groups in total. The van der Waals surface area contributed by atoms with E-state index in [2.05, 4.69) is 174 Å². The first kappa shape index (κ1) is 39.1. The Morgan fingerprint density at radius 3 is 2.32 bits per heavy atom. The van der Waals surface area contributed by atoms with Crippen LogP contribution >= 0.6 is 32.5 Å². The van der Waals surface area contributed by atoms with Crippen LogP contribution in [0.25, 0.3) is 52.4 Å². The second-order valence-corrected chi connectivity index (χ2v) is 18.3. The van der Waals surface area contributed by atoms with Gasteiger partial charge in [-0.1, -0.05) is 103 Å². The number of aryl methyl sites for hydroxylation is 1. The maximum absolute atomic E-state index is 12.9. The van der Waals surface area contributed by atoms with Crippen LogP contribution in [0, 0.1) is 13.8 Å². The number of thioether (sulfide) groups is 1. The molecule has 0 saturated carbocycles. The Balaban J connectivity index is 1.10. The molecule has 3 aliphatic carbocycles. The standard InChI is InChI=1S/C52H51IN2OS/c1-7-38(42-18-8-12-23-47(42)54-36(4)41(29-30-53-6)44-20-10-14-25-49(44)54)32-40(33-56)37(5)57-51-28-27-39(31-35(51)3)43-19-9-13-24-48(43)55-50-26-15-11-21-45(50)46-22-16-17-34(2)52(46)55/h7-13,16,18-24,27-34,37H,6,14-15,17,25-26H2,1-5H3/b30-29-,38-7+,40-32-/t34-,37?/m0/s1. The van der Waals surface area contributed by atoms with E-state index in [1.165, 1.54) is 72.3 Å². The summed E-state index contributed by atoms with van der Waals surface area (Å²) in [5.74, 6) is 0.455. The zero-order valence-electron chi connectivity index (χ0n) is 33.7. The number of aldehydes is 1. The molecule has 3 aromatic carbocycles. The molecule has 0 amide bonds. The van der Waals surface area contributed by atoms with Gasteiger partial charge in [-0.2, -0.15) is 0 Å². The molecule has 0 saturated heterocycles. The minimum Gasteiger partial charge on any atom is -0.316 e. The van der Waals surface area contributed by atoms with Crippen LogP contribution in [0.5, 0.6) is 0 Å². The summed E-state index contributed by atoms with van der Waals surface area (Å²) in [6.07, 6.45) is 26.7. The maximum atomic E-state index is 12.9. The van der Waals surface area contributed by atoms with E-state index in [-0.39, 0.29) is 26.0 Å². The van der Waals surface area contributed by atoms with Crippen LogP contribution in [0.2, 0.25) is 0 Å². The van der Waals surface area contributed by atoms with Gasteiger partial charge in [-0.05, 0) is 111 Å². The number of halogens is 1. The summed E-state index contributed by atoms with van der Waals surface area (Å²) in [7, 11) is 0. The number of hydrogen-bond acceptors (Lipinski definition) is 2. The summed E-state index contributed by atoms with van der Waals surface area (Å²) in [6.45, 7) is 11.0. The molecule has 0 aliphatic heterocycles. The van der Waals surface area contributed by atoms with Gasteiger partial charge in [-0.15, -0.1) is 32.5 Å². The van der Waals surface area contributed by atoms with E-state index in [1.807, 2.05) is 0 Å². The molecule has 1 unspecified atom stereocenters. The summed E-state index contributed by atoms with van der Waals surface area (Å²) in [5.41, 5.74) is 19.8. The third kappa shape index (κ3) is 7.34. The second kappa shape index (κ2) is 17.0. The highest BCUT2D eigenvalue weighted by Crippen LogP contribution is 2.43. The summed E-state index contributed by atoms with van der Waals surface area (Å²) in [6, 6.07) is 24.4. The number of rotatable bonds is 11. The molecular formula is C52H51IN2OS. The monoisotopic (exact) mass is 878 g/mol. The lowest BCUT2D eigenvalue weighted by atomic mass is 9.91. The summed E-state index contributed by atoms with van der Waals surface area (Å²) in [4.78, 5) is 14.1. The molecule has 2 aromatic heterocycles. The third-order valence-electron chi connectivity index (χ3n) is 11.8. The van der Waals surface area contributed by atoms with Gasteiger partial charge >= 0.3 is 0 Å². The third-order valence-corrected chi connectivity index (χ3v) is 14.0. The van der Waals surface area contributed by atoms with E-state index in [1.54, 1.807) is 11.8 Å². The molecular weight excluding hydrogens is 828 g/mol. The minimum absolute atomic E-state index is 0.0455. The van der Waals surface area contributed by atoms with E-state index in [9.17, 15) is 4.79 Å². The zero-order chi connectivity index (χ0) is 39.6. The molecule has 3 aliphatic rings. The predicted octanol–water partition coefficient (Wildman–Crippen LogP) is 14.1. The van der Waals surface area contributed by atoms with Crippen molar-refractivity contribution in [1.29, 1.82) is 0 Å². The Hall–Kier alpha value is -4.72. The molecule has 0 fully saturated rings. The fourth-order valence-electron chi connectivity index (χ4n) is 9.04. The predicted molar refractivity (Wildman–Crippen MR) is 257 cm³/mol. The first-order valence-corrected chi connectivity index (χ1v) is 23.8. The largest absolute Gasteiger partial charge is 0.316 e. The van der Waals surface area contributed by atoms with Gasteiger partial charge in [0.2, 0.25) is 0 Å². The number of carbonyl (C=O) groups excluding carboxylic acids is 1. The molecule has 2 atom stereocenters. The number of allylic oxidation sites excluding steroid dienone is 6. The van der Waals surface area contributed by atoms with Crippen molar-refractivity contribution in [1.82, 2.24) is 9.13 Å². The molecule has 3 nitrogen and oxygen atoms in total. The molecule has 0 bridgehead atoms. The van der Waals surface area contributed by atoms with Crippen LogP contribution in [0.15, 0.2) is 112 Å². The van der Waals surface area contributed by atoms with Crippen LogP contribution in [-0.2, 0) is 17.6 Å². The number of fused-ring (bicyclic) bond motifs is 4. The SMILES string of the molecule is C=I/C=C\c1c2c(n(-c3ccccc3C(/C=C(/C=O)C(C)Sc3ccc(-c4ccccc4-n4c5c(c6c4[C@@H](C)CC=C6)C=CCC5)cc3C)=C/C)c1C)CCC=C2. The van der Waals surface area contributed by atoms with Crippen LogP contribution in [0.3, 0.4) is 0 Å². The number of carbonyl (C=O) groups is 1. The average molecular weight is 879 g/mol. The molecule has 8 rings (SSSR count).